The van der Waals surface area contributed by atoms with Crippen LogP contribution in [0.25, 0.3) is 0 Å². The van der Waals surface area contributed by atoms with Gasteiger partial charge in [0.15, 0.2) is 0 Å². The Morgan fingerprint density at radius 2 is 1.84 bits per heavy atom. The number of thioether (sulfide) groups is 1. The van der Waals surface area contributed by atoms with Crippen LogP contribution in [0.4, 0.5) is 0 Å². The van der Waals surface area contributed by atoms with Crippen molar-refractivity contribution in [3.63, 3.8) is 0 Å². The number of hydrogen-bond acceptors (Lipinski definition) is 6. The van der Waals surface area contributed by atoms with E-state index in [-0.39, 0.29) is 17.9 Å². The lowest BCUT2D eigenvalue weighted by Gasteiger charge is -2.36. The van der Waals surface area contributed by atoms with Crippen LogP contribution in [0.15, 0.2) is 18.2 Å². The van der Waals surface area contributed by atoms with Crippen molar-refractivity contribution in [3.8, 4) is 11.5 Å². The number of nitrogens with one attached hydrogen (secondary N) is 1. The molecule has 1 atom stereocenters. The van der Waals surface area contributed by atoms with Crippen molar-refractivity contribution in [1.29, 1.82) is 0 Å². The van der Waals surface area contributed by atoms with Gasteiger partial charge in [-0.15, -0.1) is 11.8 Å². The van der Waals surface area contributed by atoms with Gasteiger partial charge in [-0.3, -0.25) is 14.9 Å². The molecule has 2 heterocycles. The average molecular weight is 365 g/mol. The molecule has 1 aromatic carbocycles. The molecule has 1 aromatic rings. The number of ether oxygens (including phenoxy) is 2. The molecule has 2 amide bonds. The van der Waals surface area contributed by atoms with E-state index in [9.17, 15) is 9.59 Å². The quantitative estimate of drug-likeness (QED) is 0.845. The minimum atomic E-state index is -0.0890. The second-order valence-electron chi connectivity index (χ2n) is 5.96. The van der Waals surface area contributed by atoms with Gasteiger partial charge in [0, 0.05) is 43.9 Å². The van der Waals surface area contributed by atoms with Crippen molar-refractivity contribution in [2.45, 2.75) is 6.04 Å². The summed E-state index contributed by atoms with van der Waals surface area (Å²) in [6.07, 6.45) is 0. The normalized spacial score (nSPS) is 20.5. The summed E-state index contributed by atoms with van der Waals surface area (Å²) in [6.45, 7) is 2.18. The number of benzene rings is 1. The molecule has 0 aromatic heterocycles. The van der Waals surface area contributed by atoms with Gasteiger partial charge in [0.2, 0.25) is 5.91 Å². The molecule has 3 rings (SSSR count). The highest BCUT2D eigenvalue weighted by Gasteiger charge is 2.31. The smallest absolute Gasteiger partial charge is 0.257 e. The topological polar surface area (TPSA) is 71.1 Å². The Kier molecular flexibility index (Phi) is 5.70. The molecule has 136 valence electrons. The molecule has 2 aliphatic heterocycles. The minimum Gasteiger partial charge on any atom is -0.497 e. The molecule has 2 fully saturated rings. The summed E-state index contributed by atoms with van der Waals surface area (Å²) >= 11 is 1.74. The highest BCUT2D eigenvalue weighted by molar-refractivity contribution is 7.99. The lowest BCUT2D eigenvalue weighted by atomic mass is 10.1. The van der Waals surface area contributed by atoms with Crippen LogP contribution >= 0.6 is 11.8 Å². The largest absolute Gasteiger partial charge is 0.497 e. The third-order valence-corrected chi connectivity index (χ3v) is 5.47. The summed E-state index contributed by atoms with van der Waals surface area (Å²) in [6, 6.07) is 5.08. The lowest BCUT2D eigenvalue weighted by molar-refractivity contribution is -0.134. The zero-order chi connectivity index (χ0) is 17.8. The van der Waals surface area contributed by atoms with Crippen molar-refractivity contribution in [1.82, 2.24) is 15.1 Å². The van der Waals surface area contributed by atoms with Crippen LogP contribution in [0.5, 0.6) is 11.5 Å². The Morgan fingerprint density at radius 3 is 2.44 bits per heavy atom. The Morgan fingerprint density at radius 1 is 1.12 bits per heavy atom. The van der Waals surface area contributed by atoms with Gasteiger partial charge in [-0.25, -0.2) is 0 Å². The summed E-state index contributed by atoms with van der Waals surface area (Å²) in [5, 5.41) is 3.20. The Bertz CT molecular complexity index is 641. The molecule has 7 nitrogen and oxygen atoms in total. The Labute approximate surface area is 151 Å². The van der Waals surface area contributed by atoms with Crippen molar-refractivity contribution in [2.75, 3.05) is 52.0 Å². The molecule has 0 bridgehead atoms. The van der Waals surface area contributed by atoms with E-state index in [2.05, 4.69) is 5.32 Å². The van der Waals surface area contributed by atoms with E-state index in [4.69, 9.17) is 9.47 Å². The van der Waals surface area contributed by atoms with Crippen molar-refractivity contribution >= 4 is 23.6 Å². The van der Waals surface area contributed by atoms with E-state index in [0.717, 1.165) is 11.6 Å². The Hall–Kier alpha value is -1.93. The van der Waals surface area contributed by atoms with E-state index >= 15 is 0 Å². The zero-order valence-electron chi connectivity index (χ0n) is 14.5. The van der Waals surface area contributed by atoms with Crippen LogP contribution in [0.1, 0.15) is 10.4 Å². The fraction of sp³-hybridized carbons (Fsp3) is 0.529. The predicted octanol–water partition coefficient (Wildman–Crippen LogP) is 0.651. The first-order valence-electron chi connectivity index (χ1n) is 8.25. The molecule has 0 saturated carbocycles. The number of carbonyl (C=O) groups is 2. The van der Waals surface area contributed by atoms with Gasteiger partial charge >= 0.3 is 0 Å². The number of carbonyl (C=O) groups excluding carboxylic acids is 2. The number of methoxy groups -OCH3 is 2. The van der Waals surface area contributed by atoms with Gasteiger partial charge in [-0.05, 0) is 12.1 Å². The van der Waals surface area contributed by atoms with Gasteiger partial charge < -0.3 is 19.3 Å². The fourth-order valence-corrected chi connectivity index (χ4v) is 3.98. The van der Waals surface area contributed by atoms with Crippen LogP contribution in [-0.2, 0) is 4.79 Å². The first-order chi connectivity index (χ1) is 12.1. The molecule has 0 spiro atoms. The maximum Gasteiger partial charge on any atom is 0.257 e. The molecular weight excluding hydrogens is 342 g/mol. The van der Waals surface area contributed by atoms with Crippen LogP contribution < -0.4 is 14.8 Å². The first-order valence-corrected chi connectivity index (χ1v) is 9.40. The molecule has 2 aliphatic rings. The van der Waals surface area contributed by atoms with Gasteiger partial charge in [0.1, 0.15) is 11.5 Å². The first kappa shape index (κ1) is 17.9. The summed E-state index contributed by atoms with van der Waals surface area (Å²) in [5.41, 5.74) is 0.511. The number of hydrogen-bond donors (Lipinski definition) is 1. The molecule has 1 N–H and O–H groups in total. The number of piperazine rings is 1. The third-order valence-electron chi connectivity index (χ3n) is 4.53. The number of rotatable bonds is 4. The van der Waals surface area contributed by atoms with Crippen molar-refractivity contribution in [3.05, 3.63) is 23.8 Å². The zero-order valence-corrected chi connectivity index (χ0v) is 15.3. The van der Waals surface area contributed by atoms with Crippen LogP contribution in [0.3, 0.4) is 0 Å². The summed E-state index contributed by atoms with van der Waals surface area (Å²) < 4.78 is 10.5. The lowest BCUT2D eigenvalue weighted by Crippen LogP contribution is -2.54. The summed E-state index contributed by atoms with van der Waals surface area (Å²) in [7, 11) is 3.11. The molecule has 2 saturated heterocycles. The van der Waals surface area contributed by atoms with Crippen LogP contribution in [0, 0.1) is 0 Å². The van der Waals surface area contributed by atoms with E-state index < -0.39 is 0 Å². The minimum absolute atomic E-state index is 0.0823. The van der Waals surface area contributed by atoms with Gasteiger partial charge in [0.25, 0.3) is 5.91 Å². The standard InChI is InChI=1S/C17H23N3O4S/c1-23-12-3-4-13(15(9-12)24-2)16(21)19-5-7-20(8-6-19)17(22)14-10-25-11-18-14/h3-4,9,14,18H,5-8,10-11H2,1-2H3. The summed E-state index contributed by atoms with van der Waals surface area (Å²) in [5.74, 6) is 2.84. The highest BCUT2D eigenvalue weighted by atomic mass is 32.2. The van der Waals surface area contributed by atoms with E-state index in [1.54, 1.807) is 42.0 Å². The molecular formula is C17H23N3O4S. The second kappa shape index (κ2) is 7.97. The van der Waals surface area contributed by atoms with Crippen molar-refractivity contribution in [2.24, 2.45) is 0 Å². The molecule has 0 radical (unpaired) electrons. The SMILES string of the molecule is COc1ccc(C(=O)N2CCN(C(=O)C3CSCN3)CC2)c(OC)c1. The second-order valence-corrected chi connectivity index (χ2v) is 6.99. The van der Waals surface area contributed by atoms with E-state index in [1.807, 2.05) is 4.90 Å². The van der Waals surface area contributed by atoms with Gasteiger partial charge in [-0.2, -0.15) is 0 Å². The monoisotopic (exact) mass is 365 g/mol. The third kappa shape index (κ3) is 3.85. The number of amides is 2. The predicted molar refractivity (Wildman–Crippen MR) is 96.3 cm³/mol. The maximum absolute atomic E-state index is 12.8. The van der Waals surface area contributed by atoms with E-state index in [0.29, 0.717) is 43.2 Å². The molecule has 25 heavy (non-hydrogen) atoms. The molecule has 1 unspecified atom stereocenters. The number of nitrogens with zero attached hydrogens (tertiary/aromatic N) is 2. The highest BCUT2D eigenvalue weighted by Crippen LogP contribution is 2.26. The molecule has 8 heteroatoms. The van der Waals surface area contributed by atoms with Gasteiger partial charge in [-0.1, -0.05) is 0 Å². The van der Waals surface area contributed by atoms with Crippen molar-refractivity contribution < 1.29 is 19.1 Å². The maximum atomic E-state index is 12.8. The molecule has 0 aliphatic carbocycles. The Balaban J connectivity index is 1.62. The van der Waals surface area contributed by atoms with Gasteiger partial charge in [0.05, 0.1) is 25.8 Å². The van der Waals surface area contributed by atoms with E-state index in [1.165, 1.54) is 7.11 Å². The van der Waals surface area contributed by atoms with Crippen LogP contribution in [-0.4, -0.2) is 79.7 Å². The summed E-state index contributed by atoms with van der Waals surface area (Å²) in [4.78, 5) is 28.8. The van der Waals surface area contributed by atoms with Crippen LogP contribution in [0.2, 0.25) is 0 Å². The average Bonchev–Trinajstić information content (AvgIpc) is 3.21. The fourth-order valence-electron chi connectivity index (χ4n) is 3.05.